The number of hydrogen-bond acceptors (Lipinski definition) is 4. The summed E-state index contributed by atoms with van der Waals surface area (Å²) in [7, 11) is 0. The Labute approximate surface area is 94.3 Å². The Morgan fingerprint density at radius 2 is 2.38 bits per heavy atom. The number of nitrogens with zero attached hydrogens (tertiary/aromatic N) is 4. The van der Waals surface area contributed by atoms with E-state index in [4.69, 9.17) is 5.73 Å². The molecule has 0 aromatic carbocycles. The highest BCUT2D eigenvalue weighted by Gasteiger charge is 2.11. The third-order valence-corrected chi connectivity index (χ3v) is 2.39. The first-order chi connectivity index (χ1) is 7.81. The Bertz CT molecular complexity index is 437. The van der Waals surface area contributed by atoms with Crippen molar-refractivity contribution < 1.29 is 0 Å². The molecular weight excluding hydrogens is 202 g/mol. The van der Waals surface area contributed by atoms with Gasteiger partial charge >= 0.3 is 0 Å². The molecule has 2 aromatic heterocycles. The number of aryl methyl sites for hydroxylation is 1. The van der Waals surface area contributed by atoms with Crippen LogP contribution in [-0.4, -0.2) is 19.7 Å². The minimum atomic E-state index is -0.228. The average Bonchev–Trinajstić information content (AvgIpc) is 2.78. The first-order valence-corrected chi connectivity index (χ1v) is 5.35. The molecule has 0 saturated carbocycles. The summed E-state index contributed by atoms with van der Waals surface area (Å²) >= 11 is 0. The fourth-order valence-corrected chi connectivity index (χ4v) is 1.55. The van der Waals surface area contributed by atoms with Crippen LogP contribution < -0.4 is 5.73 Å². The summed E-state index contributed by atoms with van der Waals surface area (Å²) in [5.74, 6) is 0. The predicted molar refractivity (Wildman–Crippen MR) is 60.6 cm³/mol. The summed E-state index contributed by atoms with van der Waals surface area (Å²) < 4.78 is 1.90. The van der Waals surface area contributed by atoms with Gasteiger partial charge in [0, 0.05) is 24.5 Å². The molecule has 2 heterocycles. The number of hydrogen-bond donors (Lipinski definition) is 1. The van der Waals surface area contributed by atoms with Crippen molar-refractivity contribution in [2.45, 2.75) is 25.9 Å². The Balaban J connectivity index is 2.17. The Morgan fingerprint density at radius 1 is 1.50 bits per heavy atom. The summed E-state index contributed by atoms with van der Waals surface area (Å²) in [4.78, 5) is 8.01. The molecule has 0 radical (unpaired) electrons. The smallest absolute Gasteiger partial charge is 0.115 e. The number of rotatable bonds is 4. The molecule has 2 aromatic rings. The maximum atomic E-state index is 6.08. The highest BCUT2D eigenvalue weighted by Crippen LogP contribution is 2.15. The van der Waals surface area contributed by atoms with Crippen molar-refractivity contribution in [3.05, 3.63) is 42.2 Å². The van der Waals surface area contributed by atoms with E-state index in [9.17, 15) is 0 Å². The molecule has 0 bridgehead atoms. The molecule has 0 aliphatic heterocycles. The van der Waals surface area contributed by atoms with Gasteiger partial charge in [0.05, 0.1) is 17.9 Å². The third-order valence-electron chi connectivity index (χ3n) is 2.39. The second kappa shape index (κ2) is 4.85. The Hall–Kier alpha value is -1.75. The monoisotopic (exact) mass is 217 g/mol. The van der Waals surface area contributed by atoms with Gasteiger partial charge in [0.2, 0.25) is 0 Å². The largest absolute Gasteiger partial charge is 0.319 e. The third kappa shape index (κ3) is 2.25. The van der Waals surface area contributed by atoms with Crippen molar-refractivity contribution in [3.63, 3.8) is 0 Å². The van der Waals surface area contributed by atoms with E-state index in [0.29, 0.717) is 0 Å². The standard InChI is InChI=1S/C11H15N5/c1-2-5-16-7-9(6-15-16)11(12)10-3-4-13-8-14-10/h3-4,6-8,11H,2,5,12H2,1H3. The van der Waals surface area contributed by atoms with Crippen LogP contribution in [0.5, 0.6) is 0 Å². The summed E-state index contributed by atoms with van der Waals surface area (Å²) in [6.45, 7) is 3.03. The van der Waals surface area contributed by atoms with Gasteiger partial charge in [0.1, 0.15) is 6.33 Å². The molecule has 0 saturated heterocycles. The molecule has 0 spiro atoms. The summed E-state index contributed by atoms with van der Waals surface area (Å²) in [6.07, 6.45) is 8.02. The molecule has 16 heavy (non-hydrogen) atoms. The second-order valence-corrected chi connectivity index (χ2v) is 3.65. The van der Waals surface area contributed by atoms with Gasteiger partial charge in [-0.25, -0.2) is 9.97 Å². The fraction of sp³-hybridized carbons (Fsp3) is 0.364. The van der Waals surface area contributed by atoms with Crippen LogP contribution in [0.2, 0.25) is 0 Å². The lowest BCUT2D eigenvalue weighted by Crippen LogP contribution is -2.12. The summed E-state index contributed by atoms with van der Waals surface area (Å²) in [5, 5.41) is 4.25. The van der Waals surface area contributed by atoms with Crippen LogP contribution in [0, 0.1) is 0 Å². The molecule has 1 atom stereocenters. The first kappa shape index (κ1) is 10.8. The molecule has 2 rings (SSSR count). The van der Waals surface area contributed by atoms with E-state index >= 15 is 0 Å². The zero-order valence-corrected chi connectivity index (χ0v) is 9.24. The van der Waals surface area contributed by atoms with Gasteiger partial charge in [-0.3, -0.25) is 4.68 Å². The molecule has 2 N–H and O–H groups in total. The van der Waals surface area contributed by atoms with E-state index in [0.717, 1.165) is 24.2 Å². The maximum absolute atomic E-state index is 6.08. The van der Waals surface area contributed by atoms with E-state index in [1.165, 1.54) is 6.33 Å². The van der Waals surface area contributed by atoms with Crippen LogP contribution in [0.25, 0.3) is 0 Å². The number of aromatic nitrogens is 4. The van der Waals surface area contributed by atoms with Crippen molar-refractivity contribution in [1.29, 1.82) is 0 Å². The molecule has 0 aliphatic carbocycles. The van der Waals surface area contributed by atoms with Crippen molar-refractivity contribution in [2.24, 2.45) is 5.73 Å². The van der Waals surface area contributed by atoms with Crippen LogP contribution in [0.15, 0.2) is 31.0 Å². The van der Waals surface area contributed by atoms with Gasteiger partial charge in [-0.15, -0.1) is 0 Å². The molecule has 0 aliphatic rings. The highest BCUT2D eigenvalue weighted by atomic mass is 15.3. The number of nitrogens with two attached hydrogens (primary N) is 1. The second-order valence-electron chi connectivity index (χ2n) is 3.65. The Kier molecular flexibility index (Phi) is 3.26. The van der Waals surface area contributed by atoms with Gasteiger partial charge < -0.3 is 5.73 Å². The van der Waals surface area contributed by atoms with Crippen LogP contribution in [-0.2, 0) is 6.54 Å². The molecule has 0 amide bonds. The van der Waals surface area contributed by atoms with Crippen LogP contribution in [0.4, 0.5) is 0 Å². The van der Waals surface area contributed by atoms with Crippen LogP contribution >= 0.6 is 0 Å². The van der Waals surface area contributed by atoms with E-state index in [-0.39, 0.29) is 6.04 Å². The van der Waals surface area contributed by atoms with Gasteiger partial charge in [-0.1, -0.05) is 6.92 Å². The normalized spacial score (nSPS) is 12.6. The SMILES string of the molecule is CCCn1cc(C(N)c2ccncn2)cn1. The van der Waals surface area contributed by atoms with E-state index < -0.39 is 0 Å². The lowest BCUT2D eigenvalue weighted by atomic mass is 10.1. The quantitative estimate of drug-likeness (QED) is 0.833. The first-order valence-electron chi connectivity index (χ1n) is 5.35. The highest BCUT2D eigenvalue weighted by molar-refractivity contribution is 5.21. The maximum Gasteiger partial charge on any atom is 0.115 e. The molecule has 1 unspecified atom stereocenters. The minimum absolute atomic E-state index is 0.228. The van der Waals surface area contributed by atoms with Crippen molar-refractivity contribution in [2.75, 3.05) is 0 Å². The van der Waals surface area contributed by atoms with E-state index in [1.54, 1.807) is 12.4 Å². The van der Waals surface area contributed by atoms with Crippen molar-refractivity contribution in [3.8, 4) is 0 Å². The lowest BCUT2D eigenvalue weighted by Gasteiger charge is -2.07. The van der Waals surface area contributed by atoms with E-state index in [2.05, 4.69) is 22.0 Å². The zero-order chi connectivity index (χ0) is 11.4. The predicted octanol–water partition coefficient (Wildman–Crippen LogP) is 1.13. The average molecular weight is 217 g/mol. The zero-order valence-electron chi connectivity index (χ0n) is 9.24. The summed E-state index contributed by atoms with van der Waals surface area (Å²) in [6, 6.07) is 1.59. The molecule has 84 valence electrons. The molecule has 0 fully saturated rings. The molecular formula is C11H15N5. The van der Waals surface area contributed by atoms with E-state index in [1.807, 2.05) is 16.9 Å². The molecule has 5 heteroatoms. The fourth-order valence-electron chi connectivity index (χ4n) is 1.55. The van der Waals surface area contributed by atoms with Gasteiger partial charge in [-0.2, -0.15) is 5.10 Å². The van der Waals surface area contributed by atoms with Gasteiger partial charge in [-0.05, 0) is 12.5 Å². The van der Waals surface area contributed by atoms with Gasteiger partial charge in [0.25, 0.3) is 0 Å². The lowest BCUT2D eigenvalue weighted by molar-refractivity contribution is 0.601. The van der Waals surface area contributed by atoms with Crippen LogP contribution in [0.3, 0.4) is 0 Å². The van der Waals surface area contributed by atoms with Gasteiger partial charge in [0.15, 0.2) is 0 Å². The van der Waals surface area contributed by atoms with Crippen LogP contribution in [0.1, 0.15) is 30.6 Å². The van der Waals surface area contributed by atoms with Crippen molar-refractivity contribution >= 4 is 0 Å². The van der Waals surface area contributed by atoms with Crippen molar-refractivity contribution in [1.82, 2.24) is 19.7 Å². The minimum Gasteiger partial charge on any atom is -0.319 e. The topological polar surface area (TPSA) is 69.6 Å². The molecule has 5 nitrogen and oxygen atoms in total. The Morgan fingerprint density at radius 3 is 3.06 bits per heavy atom. The summed E-state index contributed by atoms with van der Waals surface area (Å²) in [5.41, 5.74) is 7.87.